The number of pyridine rings is 1. The first-order valence-corrected chi connectivity index (χ1v) is 7.56. The number of nitrogens with zero attached hydrogens (tertiary/aromatic N) is 2. The van der Waals surface area contributed by atoms with Crippen LogP contribution in [-0.4, -0.2) is 48.6 Å². The van der Waals surface area contributed by atoms with E-state index in [1.165, 1.54) is 16.6 Å². The lowest BCUT2D eigenvalue weighted by molar-refractivity contribution is 0.102. The van der Waals surface area contributed by atoms with Crippen molar-refractivity contribution < 1.29 is 18.3 Å². The lowest BCUT2D eigenvalue weighted by Gasteiger charge is -2.25. The van der Waals surface area contributed by atoms with Crippen molar-refractivity contribution in [1.82, 2.24) is 9.29 Å². The average Bonchev–Trinajstić information content (AvgIpc) is 2.84. The van der Waals surface area contributed by atoms with Gasteiger partial charge in [0.1, 0.15) is 0 Å². The normalized spacial score (nSPS) is 24.0. The van der Waals surface area contributed by atoms with Crippen molar-refractivity contribution >= 4 is 10.0 Å². The van der Waals surface area contributed by atoms with E-state index in [2.05, 4.69) is 4.98 Å². The van der Waals surface area contributed by atoms with Gasteiger partial charge < -0.3 is 9.84 Å². The first kappa shape index (κ1) is 14.4. The SMILES string of the molecule is CC1OCCC1N(C)S(=O)(=O)c1ccc(CO)cn1. The molecule has 1 N–H and O–H groups in total. The molecule has 0 saturated carbocycles. The summed E-state index contributed by atoms with van der Waals surface area (Å²) in [6.45, 7) is 2.28. The number of likely N-dealkylation sites (N-methyl/N-ethyl adjacent to an activating group) is 1. The van der Waals surface area contributed by atoms with Gasteiger partial charge in [0, 0.05) is 19.9 Å². The maximum atomic E-state index is 12.4. The molecule has 1 aliphatic heterocycles. The summed E-state index contributed by atoms with van der Waals surface area (Å²) in [5.74, 6) is 0. The molecule has 0 amide bonds. The minimum absolute atomic E-state index is 0.00806. The first-order valence-electron chi connectivity index (χ1n) is 6.12. The molecule has 2 unspecified atom stereocenters. The number of hydrogen-bond donors (Lipinski definition) is 1. The molecule has 6 nitrogen and oxygen atoms in total. The molecule has 0 aromatic carbocycles. The third-order valence-electron chi connectivity index (χ3n) is 3.43. The summed E-state index contributed by atoms with van der Waals surface area (Å²) in [6.07, 6.45) is 1.94. The number of aromatic nitrogens is 1. The summed E-state index contributed by atoms with van der Waals surface area (Å²) in [4.78, 5) is 3.91. The zero-order valence-corrected chi connectivity index (χ0v) is 11.8. The third kappa shape index (κ3) is 2.79. The second-order valence-corrected chi connectivity index (χ2v) is 6.56. The van der Waals surface area contributed by atoms with Gasteiger partial charge in [0.05, 0.1) is 18.8 Å². The Morgan fingerprint density at radius 3 is 2.74 bits per heavy atom. The van der Waals surface area contributed by atoms with Crippen LogP contribution in [0.1, 0.15) is 18.9 Å². The molecule has 0 radical (unpaired) electrons. The van der Waals surface area contributed by atoms with Crippen molar-refractivity contribution in [2.24, 2.45) is 0 Å². The van der Waals surface area contributed by atoms with Crippen LogP contribution < -0.4 is 0 Å². The van der Waals surface area contributed by atoms with E-state index in [1.807, 2.05) is 6.92 Å². The van der Waals surface area contributed by atoms with Crippen LogP contribution in [0.2, 0.25) is 0 Å². The van der Waals surface area contributed by atoms with E-state index in [4.69, 9.17) is 9.84 Å². The van der Waals surface area contributed by atoms with E-state index >= 15 is 0 Å². The Labute approximate surface area is 113 Å². The van der Waals surface area contributed by atoms with E-state index < -0.39 is 10.0 Å². The standard InChI is InChI=1S/C12H18N2O4S/c1-9-11(5-6-18-9)14(2)19(16,17)12-4-3-10(8-15)7-13-12/h3-4,7,9,11,15H,5-6,8H2,1-2H3. The van der Waals surface area contributed by atoms with Crippen molar-refractivity contribution in [2.75, 3.05) is 13.7 Å². The summed E-state index contributed by atoms with van der Waals surface area (Å²) >= 11 is 0. The van der Waals surface area contributed by atoms with Gasteiger partial charge in [-0.3, -0.25) is 0 Å². The van der Waals surface area contributed by atoms with Crippen molar-refractivity contribution in [1.29, 1.82) is 0 Å². The second-order valence-electron chi connectivity index (χ2n) is 4.62. The Balaban J connectivity index is 2.25. The highest BCUT2D eigenvalue weighted by Gasteiger charge is 2.35. The summed E-state index contributed by atoms with van der Waals surface area (Å²) in [5.41, 5.74) is 0.583. The van der Waals surface area contributed by atoms with E-state index in [9.17, 15) is 8.42 Å². The Hall–Kier alpha value is -1.02. The van der Waals surface area contributed by atoms with Crippen molar-refractivity contribution in [3.05, 3.63) is 23.9 Å². The van der Waals surface area contributed by atoms with Gasteiger partial charge >= 0.3 is 0 Å². The zero-order valence-electron chi connectivity index (χ0n) is 11.0. The molecule has 2 atom stereocenters. The molecule has 106 valence electrons. The van der Waals surface area contributed by atoms with E-state index in [0.29, 0.717) is 18.6 Å². The monoisotopic (exact) mass is 286 g/mol. The van der Waals surface area contributed by atoms with Gasteiger partial charge in [-0.15, -0.1) is 0 Å². The van der Waals surface area contributed by atoms with Crippen molar-refractivity contribution in [3.8, 4) is 0 Å². The van der Waals surface area contributed by atoms with E-state index in [1.54, 1.807) is 13.1 Å². The molecule has 19 heavy (non-hydrogen) atoms. The number of rotatable bonds is 4. The summed E-state index contributed by atoms with van der Waals surface area (Å²) in [7, 11) is -2.07. The van der Waals surface area contributed by atoms with Crippen LogP contribution in [0.3, 0.4) is 0 Å². The Morgan fingerprint density at radius 2 is 2.26 bits per heavy atom. The maximum Gasteiger partial charge on any atom is 0.260 e. The third-order valence-corrected chi connectivity index (χ3v) is 5.23. The lowest BCUT2D eigenvalue weighted by Crippen LogP contribution is -2.41. The second kappa shape index (κ2) is 5.54. The van der Waals surface area contributed by atoms with Crippen LogP contribution in [0.5, 0.6) is 0 Å². The minimum atomic E-state index is -3.62. The first-order chi connectivity index (χ1) is 8.96. The van der Waals surface area contributed by atoms with Crippen LogP contribution in [0, 0.1) is 0 Å². The molecule has 1 aliphatic rings. The largest absolute Gasteiger partial charge is 0.392 e. The van der Waals surface area contributed by atoms with Crippen molar-refractivity contribution in [3.63, 3.8) is 0 Å². The topological polar surface area (TPSA) is 79.7 Å². The highest BCUT2D eigenvalue weighted by atomic mass is 32.2. The Morgan fingerprint density at radius 1 is 1.53 bits per heavy atom. The molecule has 2 rings (SSSR count). The smallest absolute Gasteiger partial charge is 0.260 e. The minimum Gasteiger partial charge on any atom is -0.392 e. The number of aliphatic hydroxyl groups excluding tert-OH is 1. The van der Waals surface area contributed by atoms with Crippen LogP contribution in [0.25, 0.3) is 0 Å². The highest BCUT2D eigenvalue weighted by molar-refractivity contribution is 7.89. The highest BCUT2D eigenvalue weighted by Crippen LogP contribution is 2.23. The molecular weight excluding hydrogens is 268 g/mol. The zero-order chi connectivity index (χ0) is 14.0. The molecule has 1 saturated heterocycles. The van der Waals surface area contributed by atoms with Crippen LogP contribution in [0.15, 0.2) is 23.4 Å². The Bertz CT molecular complexity index is 529. The summed E-state index contributed by atoms with van der Waals surface area (Å²) in [6, 6.07) is 2.81. The summed E-state index contributed by atoms with van der Waals surface area (Å²) in [5, 5.41) is 8.92. The Kier molecular flexibility index (Phi) is 4.19. The number of aliphatic hydroxyl groups is 1. The fourth-order valence-electron chi connectivity index (χ4n) is 2.18. The van der Waals surface area contributed by atoms with Gasteiger partial charge in [0.15, 0.2) is 5.03 Å². The molecule has 7 heteroatoms. The molecule has 1 aromatic rings. The van der Waals surface area contributed by atoms with Gasteiger partial charge in [-0.05, 0) is 25.0 Å². The van der Waals surface area contributed by atoms with E-state index in [0.717, 1.165) is 0 Å². The van der Waals surface area contributed by atoms with E-state index in [-0.39, 0.29) is 23.8 Å². The molecule has 1 aromatic heterocycles. The molecule has 0 spiro atoms. The maximum absolute atomic E-state index is 12.4. The van der Waals surface area contributed by atoms with Crippen LogP contribution in [-0.2, 0) is 21.4 Å². The molecular formula is C12H18N2O4S. The van der Waals surface area contributed by atoms with Gasteiger partial charge in [0.25, 0.3) is 10.0 Å². The molecule has 0 aliphatic carbocycles. The molecule has 0 bridgehead atoms. The van der Waals surface area contributed by atoms with Gasteiger partial charge in [0.2, 0.25) is 0 Å². The predicted molar refractivity (Wildman–Crippen MR) is 68.9 cm³/mol. The van der Waals surface area contributed by atoms with Gasteiger partial charge in [-0.1, -0.05) is 6.07 Å². The number of ether oxygens (including phenoxy) is 1. The van der Waals surface area contributed by atoms with Crippen molar-refractivity contribution in [2.45, 2.75) is 37.1 Å². The van der Waals surface area contributed by atoms with Gasteiger partial charge in [-0.25, -0.2) is 13.4 Å². The average molecular weight is 286 g/mol. The number of hydrogen-bond acceptors (Lipinski definition) is 5. The van der Waals surface area contributed by atoms with Crippen LogP contribution in [0.4, 0.5) is 0 Å². The fraction of sp³-hybridized carbons (Fsp3) is 0.583. The summed E-state index contributed by atoms with van der Waals surface area (Å²) < 4.78 is 31.5. The predicted octanol–water partition coefficient (Wildman–Crippen LogP) is 0.372. The quantitative estimate of drug-likeness (QED) is 0.865. The fourth-order valence-corrected chi connectivity index (χ4v) is 3.54. The van der Waals surface area contributed by atoms with Gasteiger partial charge in [-0.2, -0.15) is 4.31 Å². The number of sulfonamides is 1. The molecule has 2 heterocycles. The lowest BCUT2D eigenvalue weighted by atomic mass is 10.2. The molecule has 1 fully saturated rings. The van der Waals surface area contributed by atoms with Crippen LogP contribution >= 0.6 is 0 Å².